The first-order chi connectivity index (χ1) is 9.98. The molecule has 0 saturated heterocycles. The normalized spacial score (nSPS) is 15.5. The number of aromatic amines is 1. The van der Waals surface area contributed by atoms with Crippen molar-refractivity contribution in [2.24, 2.45) is 0 Å². The van der Waals surface area contributed by atoms with Crippen LogP contribution in [0.1, 0.15) is 28.9 Å². The Kier molecular flexibility index (Phi) is 3.60. The van der Waals surface area contributed by atoms with Gasteiger partial charge < -0.3 is 10.1 Å². The summed E-state index contributed by atoms with van der Waals surface area (Å²) in [6, 6.07) is 3.08. The predicted octanol–water partition coefficient (Wildman–Crippen LogP) is 2.13. The zero-order valence-electron chi connectivity index (χ0n) is 11.0. The zero-order valence-corrected chi connectivity index (χ0v) is 12.7. The highest BCUT2D eigenvalue weighted by Crippen LogP contribution is 2.34. The number of aromatic nitrogens is 1. The molecule has 6 nitrogen and oxygen atoms in total. The van der Waals surface area contributed by atoms with E-state index in [1.165, 1.54) is 27.9 Å². The summed E-state index contributed by atoms with van der Waals surface area (Å²) in [6.07, 6.45) is 2.93. The van der Waals surface area contributed by atoms with Gasteiger partial charge in [-0.25, -0.2) is 13.2 Å². The summed E-state index contributed by atoms with van der Waals surface area (Å²) in [4.78, 5) is 13.4. The Morgan fingerprint density at radius 2 is 2.24 bits per heavy atom. The lowest BCUT2D eigenvalue weighted by atomic mass is 10.3. The van der Waals surface area contributed by atoms with Crippen LogP contribution >= 0.6 is 11.3 Å². The fourth-order valence-electron chi connectivity index (χ4n) is 2.12. The number of nitrogens with one attached hydrogen (secondary N) is 1. The van der Waals surface area contributed by atoms with Crippen molar-refractivity contribution in [2.45, 2.75) is 30.3 Å². The van der Waals surface area contributed by atoms with E-state index in [0.717, 1.165) is 18.4 Å². The molecule has 2 N–H and O–H groups in total. The molecule has 2 aromatic heterocycles. The van der Waals surface area contributed by atoms with E-state index in [1.54, 1.807) is 0 Å². The Morgan fingerprint density at radius 1 is 1.48 bits per heavy atom. The van der Waals surface area contributed by atoms with Gasteiger partial charge in [-0.2, -0.15) is 15.6 Å². The lowest BCUT2D eigenvalue weighted by molar-refractivity contribution is 0.0691. The highest BCUT2D eigenvalue weighted by atomic mass is 32.2. The molecule has 8 heteroatoms. The van der Waals surface area contributed by atoms with Crippen molar-refractivity contribution < 1.29 is 18.3 Å². The maximum atomic E-state index is 12.7. The summed E-state index contributed by atoms with van der Waals surface area (Å²) in [5.74, 6) is -1.17. The molecule has 1 aliphatic rings. The van der Waals surface area contributed by atoms with E-state index >= 15 is 0 Å². The van der Waals surface area contributed by atoms with Crippen LogP contribution in [-0.4, -0.2) is 34.8 Å². The number of rotatable bonds is 6. The molecule has 0 radical (unpaired) electrons. The fraction of sp³-hybridized carbons (Fsp3) is 0.308. The van der Waals surface area contributed by atoms with Gasteiger partial charge in [0.2, 0.25) is 10.0 Å². The smallest absolute Gasteiger partial charge is 0.352 e. The molecule has 3 rings (SSSR count). The van der Waals surface area contributed by atoms with Crippen molar-refractivity contribution in [1.82, 2.24) is 9.29 Å². The lowest BCUT2D eigenvalue weighted by Gasteiger charge is -2.20. The van der Waals surface area contributed by atoms with Crippen molar-refractivity contribution in [3.8, 4) is 0 Å². The van der Waals surface area contributed by atoms with Crippen LogP contribution in [0, 0.1) is 0 Å². The van der Waals surface area contributed by atoms with Gasteiger partial charge in [0.25, 0.3) is 0 Å². The maximum absolute atomic E-state index is 12.7. The second-order valence-corrected chi connectivity index (χ2v) is 7.64. The number of hydrogen-bond donors (Lipinski definition) is 2. The van der Waals surface area contributed by atoms with Crippen molar-refractivity contribution >= 4 is 27.3 Å². The lowest BCUT2D eigenvalue weighted by Crippen LogP contribution is -2.32. The minimum absolute atomic E-state index is 0.00188. The maximum Gasteiger partial charge on any atom is 0.352 e. The number of sulfonamides is 1. The minimum Gasteiger partial charge on any atom is -0.477 e. The van der Waals surface area contributed by atoms with E-state index in [9.17, 15) is 13.2 Å². The number of nitrogens with zero attached hydrogens (tertiary/aromatic N) is 1. The van der Waals surface area contributed by atoms with Crippen LogP contribution in [0.2, 0.25) is 0 Å². The molecule has 0 aromatic carbocycles. The number of aromatic carboxylic acids is 1. The van der Waals surface area contributed by atoms with E-state index in [0.29, 0.717) is 6.54 Å². The molecule has 1 aliphatic carbocycles. The number of carboxylic acid groups (broad SMARTS) is 1. The van der Waals surface area contributed by atoms with Gasteiger partial charge in [0, 0.05) is 18.8 Å². The molecule has 0 spiro atoms. The molecule has 0 unspecified atom stereocenters. The van der Waals surface area contributed by atoms with Gasteiger partial charge in [0.1, 0.15) is 10.6 Å². The molecule has 0 amide bonds. The number of hydrogen-bond acceptors (Lipinski definition) is 4. The summed E-state index contributed by atoms with van der Waals surface area (Å²) in [7, 11) is -3.68. The van der Waals surface area contributed by atoms with Gasteiger partial charge in [0.15, 0.2) is 0 Å². The van der Waals surface area contributed by atoms with Gasteiger partial charge in [-0.05, 0) is 41.3 Å². The molecular weight excluding hydrogens is 312 g/mol. The summed E-state index contributed by atoms with van der Waals surface area (Å²) >= 11 is 1.52. The van der Waals surface area contributed by atoms with E-state index in [4.69, 9.17) is 5.11 Å². The standard InChI is InChI=1S/C13H14N2O4S2/c16-13(17)12-5-11(6-14-12)21(18,19)15(10-1-2-10)7-9-3-4-20-8-9/h3-6,8,10,14H,1-2,7H2,(H,16,17). The molecular formula is C13H14N2O4S2. The molecule has 2 aromatic rings. The molecule has 1 fully saturated rings. The summed E-state index contributed by atoms with van der Waals surface area (Å²) in [6.45, 7) is 0.323. The molecule has 1 saturated carbocycles. The molecule has 0 aliphatic heterocycles. The van der Waals surface area contributed by atoms with Crippen molar-refractivity contribution in [2.75, 3.05) is 0 Å². The first kappa shape index (κ1) is 14.3. The van der Waals surface area contributed by atoms with Crippen LogP contribution in [0.4, 0.5) is 0 Å². The second kappa shape index (κ2) is 5.28. The Hall–Kier alpha value is -1.64. The monoisotopic (exact) mass is 326 g/mol. The summed E-state index contributed by atoms with van der Waals surface area (Å²) in [5.41, 5.74) is 0.823. The van der Waals surface area contributed by atoms with E-state index in [-0.39, 0.29) is 16.6 Å². The van der Waals surface area contributed by atoms with Gasteiger partial charge in [-0.1, -0.05) is 0 Å². The van der Waals surface area contributed by atoms with Crippen LogP contribution in [0.5, 0.6) is 0 Å². The Labute approximate surface area is 126 Å². The van der Waals surface area contributed by atoms with Crippen LogP contribution in [-0.2, 0) is 16.6 Å². The molecule has 21 heavy (non-hydrogen) atoms. The van der Waals surface area contributed by atoms with Gasteiger partial charge in [-0.15, -0.1) is 0 Å². The Morgan fingerprint density at radius 3 is 2.76 bits per heavy atom. The van der Waals surface area contributed by atoms with Crippen LogP contribution in [0.3, 0.4) is 0 Å². The molecule has 2 heterocycles. The largest absolute Gasteiger partial charge is 0.477 e. The predicted molar refractivity (Wildman–Crippen MR) is 77.8 cm³/mol. The Balaban J connectivity index is 1.91. The molecule has 112 valence electrons. The third-order valence-corrected chi connectivity index (χ3v) is 5.97. The summed E-state index contributed by atoms with van der Waals surface area (Å²) in [5, 5.41) is 12.7. The molecule has 0 bridgehead atoms. The van der Waals surface area contributed by atoms with E-state index < -0.39 is 16.0 Å². The minimum atomic E-state index is -3.68. The topological polar surface area (TPSA) is 90.5 Å². The third-order valence-electron chi connectivity index (χ3n) is 3.37. The van der Waals surface area contributed by atoms with Gasteiger partial charge in [-0.3, -0.25) is 0 Å². The van der Waals surface area contributed by atoms with Crippen LogP contribution in [0.25, 0.3) is 0 Å². The van der Waals surface area contributed by atoms with Crippen molar-refractivity contribution in [1.29, 1.82) is 0 Å². The van der Waals surface area contributed by atoms with Gasteiger partial charge in [0.05, 0.1) is 0 Å². The first-order valence-corrected chi connectivity index (χ1v) is 8.81. The number of carboxylic acids is 1. The second-order valence-electron chi connectivity index (χ2n) is 4.97. The van der Waals surface area contributed by atoms with Crippen molar-refractivity contribution in [3.05, 3.63) is 40.3 Å². The number of H-pyrrole nitrogens is 1. The quantitative estimate of drug-likeness (QED) is 0.851. The number of carbonyl (C=O) groups is 1. The fourth-order valence-corrected chi connectivity index (χ4v) is 4.45. The molecule has 0 atom stereocenters. The Bertz CT molecular complexity index is 745. The van der Waals surface area contributed by atoms with Gasteiger partial charge >= 0.3 is 5.97 Å². The average Bonchev–Trinajstić information content (AvgIpc) is 2.95. The van der Waals surface area contributed by atoms with E-state index in [2.05, 4.69) is 4.98 Å². The van der Waals surface area contributed by atoms with Crippen LogP contribution in [0.15, 0.2) is 34.0 Å². The van der Waals surface area contributed by atoms with E-state index in [1.807, 2.05) is 16.8 Å². The first-order valence-electron chi connectivity index (χ1n) is 6.43. The zero-order chi connectivity index (χ0) is 15.0. The highest BCUT2D eigenvalue weighted by molar-refractivity contribution is 7.89. The highest BCUT2D eigenvalue weighted by Gasteiger charge is 2.38. The third kappa shape index (κ3) is 2.87. The van der Waals surface area contributed by atoms with Crippen molar-refractivity contribution in [3.63, 3.8) is 0 Å². The average molecular weight is 326 g/mol. The van der Waals surface area contributed by atoms with Crippen LogP contribution < -0.4 is 0 Å². The number of thiophene rings is 1. The SMILES string of the molecule is O=C(O)c1cc(S(=O)(=O)N(Cc2ccsc2)C2CC2)c[nH]1. The summed E-state index contributed by atoms with van der Waals surface area (Å²) < 4.78 is 26.8.